The summed E-state index contributed by atoms with van der Waals surface area (Å²) in [5.41, 5.74) is 0.857. The van der Waals surface area contributed by atoms with Gasteiger partial charge in [-0.1, -0.05) is 58.2 Å². The topological polar surface area (TPSA) is 3.24 Å². The fourth-order valence-electron chi connectivity index (χ4n) is 5.03. The van der Waals surface area contributed by atoms with Crippen molar-refractivity contribution in [1.29, 1.82) is 0 Å². The van der Waals surface area contributed by atoms with Gasteiger partial charge in [0.15, 0.2) is 0 Å². The second kappa shape index (κ2) is 7.30. The van der Waals surface area contributed by atoms with Crippen LogP contribution in [0, 0.1) is 0 Å². The third-order valence-electron chi connectivity index (χ3n) is 6.54. The van der Waals surface area contributed by atoms with Gasteiger partial charge in [0, 0.05) is 0 Å². The Bertz CT molecular complexity index is 295. The third kappa shape index (κ3) is 3.06. The molecule has 0 N–H and O–H groups in total. The zero-order chi connectivity index (χ0) is 14.6. The van der Waals surface area contributed by atoms with Gasteiger partial charge in [-0.15, -0.1) is 11.6 Å². The number of nitrogens with zero attached hydrogens (tertiary/aromatic N) is 1. The molecule has 0 amide bonds. The highest BCUT2D eigenvalue weighted by Gasteiger charge is 2.52. The summed E-state index contributed by atoms with van der Waals surface area (Å²) in [7, 11) is -1.26. The molecule has 1 aliphatic heterocycles. The molecule has 20 heavy (non-hydrogen) atoms. The summed E-state index contributed by atoms with van der Waals surface area (Å²) in [4.78, 5) is 0.0825. The first-order valence-electron chi connectivity index (χ1n) is 9.07. The van der Waals surface area contributed by atoms with Crippen molar-refractivity contribution in [2.45, 2.75) is 94.0 Å². The second-order valence-corrected chi connectivity index (χ2v) is 15.2. The largest absolute Gasteiger partial charge is 0.312 e. The molecule has 1 aliphatic carbocycles. The minimum atomic E-state index is -1.19. The fourth-order valence-corrected chi connectivity index (χ4v) is 13.7. The highest BCUT2D eigenvalue weighted by atomic mass is 35.5. The highest BCUT2D eigenvalue weighted by molar-refractivity contribution is 6.82. The molecule has 1 nitrogen and oxygen atoms in total. The molecule has 4 heteroatoms. The van der Waals surface area contributed by atoms with Crippen LogP contribution in [0.1, 0.15) is 59.3 Å². The van der Waals surface area contributed by atoms with E-state index in [-0.39, 0.29) is 14.7 Å². The van der Waals surface area contributed by atoms with Crippen LogP contribution in [0.25, 0.3) is 0 Å². The van der Waals surface area contributed by atoms with E-state index in [4.69, 9.17) is 11.6 Å². The van der Waals surface area contributed by atoms with Crippen LogP contribution >= 0.6 is 11.6 Å². The van der Waals surface area contributed by atoms with Gasteiger partial charge in [-0.2, -0.15) is 0 Å². The van der Waals surface area contributed by atoms with Crippen LogP contribution in [0.4, 0.5) is 0 Å². The van der Waals surface area contributed by atoms with Gasteiger partial charge >= 0.3 is 0 Å². The van der Waals surface area contributed by atoms with Crippen LogP contribution in [-0.4, -0.2) is 33.9 Å². The number of hydrogen-bond acceptors (Lipinski definition) is 1. The normalized spacial score (nSPS) is 34.5. The molecule has 2 fully saturated rings. The maximum Gasteiger partial charge on any atom is 0.0971 e. The molecule has 0 radical (unpaired) electrons. The minimum Gasteiger partial charge on any atom is -0.312 e. The van der Waals surface area contributed by atoms with E-state index >= 15 is 0 Å². The van der Waals surface area contributed by atoms with E-state index in [2.05, 4.69) is 25.3 Å². The Hall–Kier alpha value is 0.684. The van der Waals surface area contributed by atoms with Crippen LogP contribution in [0.15, 0.2) is 0 Å². The van der Waals surface area contributed by atoms with Crippen molar-refractivity contribution >= 4 is 29.4 Å². The summed E-state index contributed by atoms with van der Waals surface area (Å²) in [5, 5.41) is 0. The molecule has 1 saturated carbocycles. The van der Waals surface area contributed by atoms with Crippen molar-refractivity contribution in [1.82, 2.24) is 4.57 Å². The summed E-state index contributed by atoms with van der Waals surface area (Å²) in [6, 6.07) is 5.82. The lowest BCUT2D eigenvalue weighted by atomic mass is 9.93. The Labute approximate surface area is 134 Å². The van der Waals surface area contributed by atoms with Gasteiger partial charge in [0.25, 0.3) is 0 Å². The predicted molar refractivity (Wildman–Crippen MR) is 97.3 cm³/mol. The molecule has 118 valence electrons. The van der Waals surface area contributed by atoms with Crippen molar-refractivity contribution in [2.24, 2.45) is 0 Å². The third-order valence-corrected chi connectivity index (χ3v) is 16.3. The van der Waals surface area contributed by atoms with Crippen molar-refractivity contribution < 1.29 is 0 Å². The molecule has 2 aliphatic rings. The maximum absolute atomic E-state index is 7.44. The Kier molecular flexibility index (Phi) is 6.22. The van der Waals surface area contributed by atoms with Gasteiger partial charge < -0.3 is 4.57 Å². The highest BCUT2D eigenvalue weighted by Crippen LogP contribution is 2.54. The van der Waals surface area contributed by atoms with Crippen LogP contribution < -0.4 is 0 Å². The average molecular weight is 332 g/mol. The van der Waals surface area contributed by atoms with Gasteiger partial charge in [-0.25, -0.2) is 0 Å². The summed E-state index contributed by atoms with van der Waals surface area (Å²) in [5.74, 6) is 0. The van der Waals surface area contributed by atoms with E-state index in [0.717, 1.165) is 5.54 Å². The predicted octanol–water partition coefficient (Wildman–Crippen LogP) is 4.97. The van der Waals surface area contributed by atoms with Gasteiger partial charge in [-0.05, 0) is 37.4 Å². The molecule has 0 aromatic carbocycles. The minimum absolute atomic E-state index is 0.0682. The smallest absolute Gasteiger partial charge is 0.0971 e. The maximum atomic E-state index is 7.44. The van der Waals surface area contributed by atoms with E-state index < -0.39 is 8.07 Å². The van der Waals surface area contributed by atoms with Gasteiger partial charge in [0.2, 0.25) is 0 Å². The Morgan fingerprint density at radius 2 is 1.80 bits per heavy atom. The molecule has 0 aromatic rings. The Morgan fingerprint density at radius 1 is 1.10 bits per heavy atom. The molecular weight excluding hydrogens is 298 g/mol. The summed E-state index contributed by atoms with van der Waals surface area (Å²) in [6.07, 6.45) is 8.37. The summed E-state index contributed by atoms with van der Waals surface area (Å²) >= 11 is 7.44. The molecule has 0 bridgehead atoms. The zero-order valence-electron chi connectivity index (χ0n) is 13.9. The molecular formula is C16H34ClNSi2. The number of alkyl halides is 1. The molecule has 2 atom stereocenters. The zero-order valence-corrected chi connectivity index (χ0v) is 17.1. The van der Waals surface area contributed by atoms with Crippen LogP contribution in [-0.2, 0) is 0 Å². The molecule has 1 saturated heterocycles. The number of rotatable bonds is 5. The first-order valence-corrected chi connectivity index (χ1v) is 13.8. The van der Waals surface area contributed by atoms with Gasteiger partial charge in [0.05, 0.1) is 22.8 Å². The summed E-state index contributed by atoms with van der Waals surface area (Å²) < 4.78 is 2.84. The Balaban J connectivity index is 2.27. The number of halogens is 1. The van der Waals surface area contributed by atoms with Crippen LogP contribution in [0.3, 0.4) is 0 Å². The monoisotopic (exact) mass is 331 g/mol. The van der Waals surface area contributed by atoms with E-state index in [1.165, 1.54) is 69.2 Å². The van der Waals surface area contributed by atoms with Crippen molar-refractivity contribution in [3.8, 4) is 0 Å². The van der Waals surface area contributed by atoms with Crippen molar-refractivity contribution in [3.63, 3.8) is 0 Å². The van der Waals surface area contributed by atoms with E-state index in [9.17, 15) is 0 Å². The molecule has 2 unspecified atom stereocenters. The lowest BCUT2D eigenvalue weighted by Crippen LogP contribution is -2.59. The summed E-state index contributed by atoms with van der Waals surface area (Å²) in [6.45, 7) is 8.68. The fraction of sp³-hybridized carbons (Fsp3) is 1.00. The average Bonchev–Trinajstić information content (AvgIpc) is 2.52. The van der Waals surface area contributed by atoms with E-state index in [1.54, 1.807) is 0 Å². The molecule has 1 heterocycles. The number of hydrogen-bond donors (Lipinski definition) is 0. The van der Waals surface area contributed by atoms with Gasteiger partial charge in [0.1, 0.15) is 0 Å². The SMILES string of the molecule is CC[Si](CC)(CC)C1CCCCC1(Cl)N1CCCC[SiH2]1. The second-order valence-electron chi connectivity index (χ2n) is 7.09. The standard InChI is InChI=1S/C16H34ClNSi2/c1-4-20(5-2,6-3)15-11-7-8-12-16(15,17)18-13-9-10-14-19-18/h15H,4-14,19H2,1-3H3. The Morgan fingerprint density at radius 3 is 2.35 bits per heavy atom. The van der Waals surface area contributed by atoms with E-state index in [0.29, 0.717) is 0 Å². The van der Waals surface area contributed by atoms with Crippen molar-refractivity contribution in [2.75, 3.05) is 6.54 Å². The van der Waals surface area contributed by atoms with Crippen LogP contribution in [0.2, 0.25) is 29.7 Å². The lowest BCUT2D eigenvalue weighted by Gasteiger charge is -2.55. The lowest BCUT2D eigenvalue weighted by molar-refractivity contribution is 0.200. The van der Waals surface area contributed by atoms with Crippen LogP contribution in [0.5, 0.6) is 0 Å². The first-order chi connectivity index (χ1) is 9.63. The van der Waals surface area contributed by atoms with E-state index in [1.807, 2.05) is 0 Å². The van der Waals surface area contributed by atoms with Gasteiger partial charge in [-0.3, -0.25) is 0 Å². The molecule has 0 spiro atoms. The quantitative estimate of drug-likeness (QED) is 0.390. The molecule has 2 rings (SSSR count). The van der Waals surface area contributed by atoms with Crippen molar-refractivity contribution in [3.05, 3.63) is 0 Å². The first kappa shape index (κ1) is 17.0. The molecule has 0 aromatic heterocycles.